The first-order valence-corrected chi connectivity index (χ1v) is 8.03. The number of nitrogens with one attached hydrogen (secondary N) is 1. The Kier molecular flexibility index (Phi) is 8.06. The average Bonchev–Trinajstić information content (AvgIpc) is 2.93. The third kappa shape index (κ3) is 4.94. The van der Waals surface area contributed by atoms with Crippen LogP contribution in [0.5, 0.6) is 0 Å². The molecule has 0 spiro atoms. The Morgan fingerprint density at radius 1 is 1.35 bits per heavy atom. The van der Waals surface area contributed by atoms with Gasteiger partial charge in [0.2, 0.25) is 11.8 Å². The summed E-state index contributed by atoms with van der Waals surface area (Å²) in [4.78, 5) is 26.2. The summed E-state index contributed by atoms with van der Waals surface area (Å²) >= 11 is 0. The third-order valence-electron chi connectivity index (χ3n) is 4.09. The lowest BCUT2D eigenvalue weighted by Crippen LogP contribution is -2.33. The fourth-order valence-electron chi connectivity index (χ4n) is 2.81. The van der Waals surface area contributed by atoms with Gasteiger partial charge in [-0.2, -0.15) is 0 Å². The number of halogens is 1. The van der Waals surface area contributed by atoms with Gasteiger partial charge in [0.15, 0.2) is 0 Å². The van der Waals surface area contributed by atoms with Crippen LogP contribution in [0.1, 0.15) is 31.7 Å². The first-order valence-electron chi connectivity index (χ1n) is 8.03. The van der Waals surface area contributed by atoms with Crippen LogP contribution in [0, 0.1) is 5.92 Å². The Balaban J connectivity index is 0.00000264. The maximum atomic E-state index is 12.3. The Morgan fingerprint density at radius 3 is 2.78 bits per heavy atom. The number of nitrogens with two attached hydrogens (primary N) is 1. The van der Waals surface area contributed by atoms with Crippen LogP contribution in [0.25, 0.3) is 0 Å². The minimum Gasteiger partial charge on any atom is -0.356 e. The highest BCUT2D eigenvalue weighted by atomic mass is 35.5. The predicted molar refractivity (Wildman–Crippen MR) is 94.8 cm³/mol. The molecule has 1 aromatic carbocycles. The van der Waals surface area contributed by atoms with Gasteiger partial charge in [-0.1, -0.05) is 25.1 Å². The molecule has 1 unspecified atom stereocenters. The Labute approximate surface area is 144 Å². The summed E-state index contributed by atoms with van der Waals surface area (Å²) in [6.45, 7) is 3.81. The van der Waals surface area contributed by atoms with Crippen LogP contribution in [0.3, 0.4) is 0 Å². The van der Waals surface area contributed by atoms with Crippen LogP contribution in [-0.2, 0) is 16.0 Å². The molecule has 6 heteroatoms. The Hall–Kier alpha value is -1.59. The van der Waals surface area contributed by atoms with Crippen LogP contribution < -0.4 is 16.0 Å². The van der Waals surface area contributed by atoms with Crippen LogP contribution >= 0.6 is 12.4 Å². The predicted octanol–water partition coefficient (Wildman–Crippen LogP) is 1.88. The molecule has 23 heavy (non-hydrogen) atoms. The molecule has 2 rings (SSSR count). The van der Waals surface area contributed by atoms with Gasteiger partial charge in [-0.25, -0.2) is 0 Å². The van der Waals surface area contributed by atoms with E-state index in [0.717, 1.165) is 30.5 Å². The van der Waals surface area contributed by atoms with E-state index in [-0.39, 0.29) is 30.1 Å². The number of rotatable bonds is 7. The van der Waals surface area contributed by atoms with Crippen molar-refractivity contribution in [1.82, 2.24) is 5.32 Å². The van der Waals surface area contributed by atoms with Gasteiger partial charge in [0.1, 0.15) is 0 Å². The van der Waals surface area contributed by atoms with Gasteiger partial charge in [0.25, 0.3) is 0 Å². The summed E-state index contributed by atoms with van der Waals surface area (Å²) in [5, 5.41) is 2.91. The summed E-state index contributed by atoms with van der Waals surface area (Å²) in [5.74, 6) is -0.250. The molecule has 0 aromatic heterocycles. The Bertz CT molecular complexity index is 536. The molecule has 128 valence electrons. The van der Waals surface area contributed by atoms with Gasteiger partial charge in [0.05, 0.1) is 5.92 Å². The lowest BCUT2D eigenvalue weighted by molar-refractivity contribution is -0.126. The molecular weight excluding hydrogens is 314 g/mol. The lowest BCUT2D eigenvalue weighted by atomic mass is 10.1. The number of carbonyl (C=O) groups excluding carboxylic acids is 2. The van der Waals surface area contributed by atoms with E-state index < -0.39 is 0 Å². The molecule has 0 aliphatic carbocycles. The van der Waals surface area contributed by atoms with Crippen molar-refractivity contribution in [3.05, 3.63) is 29.8 Å². The second-order valence-electron chi connectivity index (χ2n) is 5.67. The molecule has 1 aromatic rings. The molecule has 1 atom stereocenters. The number of benzene rings is 1. The van der Waals surface area contributed by atoms with Crippen molar-refractivity contribution < 1.29 is 9.59 Å². The molecule has 2 amide bonds. The number of anilines is 1. The summed E-state index contributed by atoms with van der Waals surface area (Å²) in [6.07, 6.45) is 2.95. The molecule has 1 fully saturated rings. The van der Waals surface area contributed by atoms with Gasteiger partial charge in [-0.05, 0) is 37.4 Å². The molecule has 1 aliphatic rings. The molecule has 0 bridgehead atoms. The molecule has 0 radical (unpaired) electrons. The zero-order valence-corrected chi connectivity index (χ0v) is 14.4. The van der Waals surface area contributed by atoms with Gasteiger partial charge < -0.3 is 16.0 Å². The van der Waals surface area contributed by atoms with E-state index >= 15 is 0 Å². The van der Waals surface area contributed by atoms with Gasteiger partial charge in [0, 0.05) is 25.2 Å². The number of unbranched alkanes of at least 4 members (excludes halogenated alkanes) is 1. The zero-order valence-electron chi connectivity index (χ0n) is 13.6. The quantitative estimate of drug-likeness (QED) is 0.745. The summed E-state index contributed by atoms with van der Waals surface area (Å²) < 4.78 is 0. The zero-order chi connectivity index (χ0) is 15.9. The van der Waals surface area contributed by atoms with Crippen molar-refractivity contribution >= 4 is 29.9 Å². The fourth-order valence-corrected chi connectivity index (χ4v) is 2.81. The number of nitrogens with zero attached hydrogens (tertiary/aromatic N) is 1. The van der Waals surface area contributed by atoms with Crippen LogP contribution in [0.4, 0.5) is 5.69 Å². The number of amides is 2. The second-order valence-corrected chi connectivity index (χ2v) is 5.67. The highest BCUT2D eigenvalue weighted by Crippen LogP contribution is 2.28. The van der Waals surface area contributed by atoms with E-state index in [1.165, 1.54) is 0 Å². The van der Waals surface area contributed by atoms with Crippen molar-refractivity contribution in [2.45, 2.75) is 32.6 Å². The molecule has 3 N–H and O–H groups in total. The SMILES string of the molecule is CCc1ccccc1N1CC(C(=O)NCCCCN)CC1=O.Cl. The topological polar surface area (TPSA) is 75.4 Å². The standard InChI is InChI=1S/C17H25N3O2.ClH/c1-2-13-7-3-4-8-15(13)20-12-14(11-16(20)21)17(22)19-10-6-5-9-18;/h3-4,7-8,14H,2,5-6,9-12,18H2,1H3,(H,19,22);1H. The fraction of sp³-hybridized carbons (Fsp3) is 0.529. The number of carbonyl (C=O) groups is 2. The first kappa shape index (κ1) is 19.5. The maximum Gasteiger partial charge on any atom is 0.227 e. The van der Waals surface area contributed by atoms with E-state index in [1.807, 2.05) is 24.3 Å². The van der Waals surface area contributed by atoms with E-state index in [1.54, 1.807) is 4.90 Å². The van der Waals surface area contributed by atoms with Crippen LogP contribution in [0.15, 0.2) is 24.3 Å². The summed E-state index contributed by atoms with van der Waals surface area (Å²) in [5.41, 5.74) is 7.51. The molecule has 1 heterocycles. The number of aryl methyl sites for hydroxylation is 1. The van der Waals surface area contributed by atoms with E-state index in [4.69, 9.17) is 5.73 Å². The highest BCUT2D eigenvalue weighted by Gasteiger charge is 2.35. The monoisotopic (exact) mass is 339 g/mol. The summed E-state index contributed by atoms with van der Waals surface area (Å²) in [7, 11) is 0. The van der Waals surface area contributed by atoms with E-state index in [0.29, 0.717) is 26.1 Å². The number of para-hydroxylation sites is 1. The van der Waals surface area contributed by atoms with Gasteiger partial charge in [-0.15, -0.1) is 12.4 Å². The molecule has 0 saturated carbocycles. The van der Waals surface area contributed by atoms with Crippen molar-refractivity contribution in [3.8, 4) is 0 Å². The minimum atomic E-state index is -0.254. The third-order valence-corrected chi connectivity index (χ3v) is 4.09. The van der Waals surface area contributed by atoms with Crippen LogP contribution in [0.2, 0.25) is 0 Å². The Morgan fingerprint density at radius 2 is 2.09 bits per heavy atom. The van der Waals surface area contributed by atoms with E-state index in [9.17, 15) is 9.59 Å². The van der Waals surface area contributed by atoms with Crippen molar-refractivity contribution in [2.24, 2.45) is 11.7 Å². The largest absolute Gasteiger partial charge is 0.356 e. The van der Waals surface area contributed by atoms with Crippen molar-refractivity contribution in [3.63, 3.8) is 0 Å². The molecule has 1 aliphatic heterocycles. The maximum absolute atomic E-state index is 12.3. The smallest absolute Gasteiger partial charge is 0.227 e. The highest BCUT2D eigenvalue weighted by molar-refractivity contribution is 6.00. The van der Waals surface area contributed by atoms with Crippen molar-refractivity contribution in [1.29, 1.82) is 0 Å². The first-order chi connectivity index (χ1) is 10.7. The molecule has 1 saturated heterocycles. The van der Waals surface area contributed by atoms with Gasteiger partial charge >= 0.3 is 0 Å². The van der Waals surface area contributed by atoms with Gasteiger partial charge in [-0.3, -0.25) is 9.59 Å². The summed E-state index contributed by atoms with van der Waals surface area (Å²) in [6, 6.07) is 7.90. The van der Waals surface area contributed by atoms with E-state index in [2.05, 4.69) is 12.2 Å². The van der Waals surface area contributed by atoms with Crippen LogP contribution in [-0.4, -0.2) is 31.4 Å². The molecular formula is C17H26ClN3O2. The average molecular weight is 340 g/mol. The normalized spacial score (nSPS) is 17.0. The lowest BCUT2D eigenvalue weighted by Gasteiger charge is -2.20. The second kappa shape index (κ2) is 9.53. The molecule has 5 nitrogen and oxygen atoms in total. The number of hydrogen-bond donors (Lipinski definition) is 2. The number of hydrogen-bond acceptors (Lipinski definition) is 3. The minimum absolute atomic E-state index is 0. The van der Waals surface area contributed by atoms with Crippen molar-refractivity contribution in [2.75, 3.05) is 24.5 Å².